The quantitative estimate of drug-likeness (QED) is 0.503. The number of amides is 1. The van der Waals surface area contributed by atoms with Crippen LogP contribution in [0, 0.1) is 0 Å². The van der Waals surface area contributed by atoms with E-state index in [0.717, 1.165) is 28.1 Å². The zero-order valence-corrected chi connectivity index (χ0v) is 17.3. The molecule has 1 fully saturated rings. The monoisotopic (exact) mass is 417 g/mol. The summed E-state index contributed by atoms with van der Waals surface area (Å²) in [5, 5.41) is 3.15. The van der Waals surface area contributed by atoms with Crippen molar-refractivity contribution in [2.45, 2.75) is 12.6 Å². The Morgan fingerprint density at radius 3 is 2.55 bits per heavy atom. The van der Waals surface area contributed by atoms with Crippen molar-refractivity contribution >= 4 is 17.9 Å². The third kappa shape index (κ3) is 4.88. The van der Waals surface area contributed by atoms with E-state index in [2.05, 4.69) is 45.7 Å². The molecule has 0 saturated carbocycles. The van der Waals surface area contributed by atoms with Gasteiger partial charge in [0.05, 0.1) is 12.2 Å². The highest BCUT2D eigenvalue weighted by Gasteiger charge is 2.19. The Hall–Kier alpha value is -3.74. The molecule has 158 valence electrons. The molecule has 1 N–H and O–H groups in total. The Labute approximate surface area is 180 Å². The maximum Gasteiger partial charge on any atom is 0.234 e. The first-order chi connectivity index (χ1) is 15.2. The molecule has 31 heavy (non-hydrogen) atoms. The first-order valence-electron chi connectivity index (χ1n) is 10.2. The van der Waals surface area contributed by atoms with Crippen molar-refractivity contribution in [3.8, 4) is 22.4 Å². The van der Waals surface area contributed by atoms with E-state index in [1.807, 2.05) is 54.2 Å². The minimum absolute atomic E-state index is 0.295. The number of anilines is 1. The topological polar surface area (TPSA) is 62.5 Å². The van der Waals surface area contributed by atoms with Crippen molar-refractivity contribution in [3.05, 3.63) is 73.2 Å². The van der Waals surface area contributed by atoms with Gasteiger partial charge in [-0.15, -0.1) is 0 Å². The van der Waals surface area contributed by atoms with Crippen LogP contribution in [0.5, 0.6) is 0 Å². The fourth-order valence-electron chi connectivity index (χ4n) is 3.48. The Kier molecular flexibility index (Phi) is 6.21. The van der Waals surface area contributed by atoms with Gasteiger partial charge in [0.1, 0.15) is 6.17 Å². The first-order valence-corrected chi connectivity index (χ1v) is 10.2. The van der Waals surface area contributed by atoms with Crippen LogP contribution >= 0.6 is 0 Å². The molecule has 5 rings (SSSR count). The van der Waals surface area contributed by atoms with Gasteiger partial charge in [-0.1, -0.05) is 42.5 Å². The number of fused-ring (bicyclic) bond motifs is 1. The zero-order chi connectivity index (χ0) is 21.6. The zero-order valence-electron chi connectivity index (χ0n) is 17.3. The molecule has 4 aromatic rings. The summed E-state index contributed by atoms with van der Waals surface area (Å²) in [5.41, 5.74) is 5.28. The van der Waals surface area contributed by atoms with E-state index in [9.17, 15) is 9.18 Å². The second kappa shape index (κ2) is 9.38. The molecule has 7 heteroatoms. The van der Waals surface area contributed by atoms with Crippen LogP contribution in [0.15, 0.2) is 73.2 Å². The molecule has 1 unspecified atom stereocenters. The van der Waals surface area contributed by atoms with Crippen molar-refractivity contribution in [2.24, 2.45) is 0 Å². The molecule has 0 spiro atoms. The lowest BCUT2D eigenvalue weighted by molar-refractivity contribution is -0.117. The summed E-state index contributed by atoms with van der Waals surface area (Å²) in [6, 6.07) is 18.4. The molecule has 1 aliphatic heterocycles. The number of aromatic nitrogens is 3. The number of carbonyl (C=O) groups is 1. The highest BCUT2D eigenvalue weighted by Crippen LogP contribution is 2.23. The number of hydrogen-bond acceptors (Lipinski definition) is 4. The number of hydrogen-bond donors (Lipinski definition) is 1. The standard InChI is InChI=1S/C19H16N4.C5H8FNO/c1-20-17-9-5-8-15(10-17)18-13-23-12-16(11-21-19(23)22-18)14-6-3-2-4-7-14;6-5-1-2-7(3-5)4-8/h2-13,20H,1H3;4-5H,1-3H2. The third-order valence-corrected chi connectivity index (χ3v) is 5.18. The lowest BCUT2D eigenvalue weighted by Gasteiger charge is -2.03. The Balaban J connectivity index is 0.000000245. The van der Waals surface area contributed by atoms with E-state index in [4.69, 9.17) is 0 Å². The van der Waals surface area contributed by atoms with Gasteiger partial charge in [-0.3, -0.25) is 9.20 Å². The van der Waals surface area contributed by atoms with Crippen LogP contribution < -0.4 is 5.32 Å². The van der Waals surface area contributed by atoms with Gasteiger partial charge in [0, 0.05) is 49.0 Å². The van der Waals surface area contributed by atoms with E-state index >= 15 is 0 Å². The van der Waals surface area contributed by atoms with E-state index in [1.54, 1.807) is 0 Å². The molecule has 0 radical (unpaired) electrons. The fraction of sp³-hybridized carbons (Fsp3) is 0.208. The summed E-state index contributed by atoms with van der Waals surface area (Å²) < 4.78 is 14.1. The van der Waals surface area contributed by atoms with Crippen LogP contribution in [0.1, 0.15) is 6.42 Å². The number of carbonyl (C=O) groups excluding carboxylic acids is 1. The predicted octanol–water partition coefficient (Wildman–Crippen LogP) is 4.29. The number of benzene rings is 2. The number of nitrogens with zero attached hydrogens (tertiary/aromatic N) is 4. The average Bonchev–Trinajstić information content (AvgIpc) is 3.45. The molecule has 2 aromatic carbocycles. The number of likely N-dealkylation sites (tertiary alicyclic amines) is 1. The summed E-state index contributed by atoms with van der Waals surface area (Å²) in [7, 11) is 1.91. The average molecular weight is 417 g/mol. The van der Waals surface area contributed by atoms with Crippen molar-refractivity contribution in [1.82, 2.24) is 19.3 Å². The van der Waals surface area contributed by atoms with Crippen molar-refractivity contribution in [1.29, 1.82) is 0 Å². The van der Waals surface area contributed by atoms with E-state index < -0.39 is 6.17 Å². The highest BCUT2D eigenvalue weighted by atomic mass is 19.1. The minimum Gasteiger partial charge on any atom is -0.388 e. The lowest BCUT2D eigenvalue weighted by Crippen LogP contribution is -2.18. The fourth-order valence-corrected chi connectivity index (χ4v) is 3.48. The maximum absolute atomic E-state index is 12.2. The molecule has 1 amide bonds. The van der Waals surface area contributed by atoms with Crippen molar-refractivity contribution < 1.29 is 9.18 Å². The number of imidazole rings is 1. The van der Waals surface area contributed by atoms with Crippen molar-refractivity contribution in [2.75, 3.05) is 25.5 Å². The third-order valence-electron chi connectivity index (χ3n) is 5.18. The van der Waals surface area contributed by atoms with Gasteiger partial charge in [-0.2, -0.15) is 0 Å². The number of alkyl halides is 1. The van der Waals surface area contributed by atoms with E-state index in [-0.39, 0.29) is 0 Å². The van der Waals surface area contributed by atoms with Gasteiger partial charge in [-0.05, 0) is 24.1 Å². The van der Waals surface area contributed by atoms with Gasteiger partial charge >= 0.3 is 0 Å². The molecule has 1 saturated heterocycles. The normalized spacial score (nSPS) is 15.4. The van der Waals surface area contributed by atoms with Crippen LogP contribution in [-0.2, 0) is 4.79 Å². The molecular weight excluding hydrogens is 393 g/mol. The summed E-state index contributed by atoms with van der Waals surface area (Å²) in [6.45, 7) is 0.883. The number of halogens is 1. The number of nitrogens with one attached hydrogen (secondary N) is 1. The van der Waals surface area contributed by atoms with Gasteiger partial charge in [0.2, 0.25) is 12.2 Å². The molecular formula is C24H24FN5O. The number of rotatable bonds is 4. The summed E-state index contributed by atoms with van der Waals surface area (Å²) >= 11 is 0. The largest absolute Gasteiger partial charge is 0.388 e. The Morgan fingerprint density at radius 2 is 1.87 bits per heavy atom. The van der Waals surface area contributed by atoms with Gasteiger partial charge in [0.15, 0.2) is 0 Å². The maximum atomic E-state index is 12.2. The smallest absolute Gasteiger partial charge is 0.234 e. The summed E-state index contributed by atoms with van der Waals surface area (Å²) in [4.78, 5) is 20.5. The molecule has 1 aliphatic rings. The molecule has 6 nitrogen and oxygen atoms in total. The van der Waals surface area contributed by atoms with Gasteiger partial charge in [0.25, 0.3) is 0 Å². The predicted molar refractivity (Wildman–Crippen MR) is 121 cm³/mol. The molecule has 2 aromatic heterocycles. The Bertz CT molecular complexity index is 1160. The van der Waals surface area contributed by atoms with Crippen LogP contribution in [0.2, 0.25) is 0 Å². The van der Waals surface area contributed by atoms with Crippen LogP contribution in [-0.4, -0.2) is 52.0 Å². The van der Waals surface area contributed by atoms with Crippen LogP contribution in [0.3, 0.4) is 0 Å². The van der Waals surface area contributed by atoms with Crippen LogP contribution in [0.25, 0.3) is 28.2 Å². The lowest BCUT2D eigenvalue weighted by atomic mass is 10.1. The first kappa shape index (κ1) is 20.5. The SMILES string of the molecule is CNc1cccc(-c2cn3cc(-c4ccccc4)cnc3n2)c1.O=CN1CCC(F)C1. The second-order valence-corrected chi connectivity index (χ2v) is 7.36. The molecule has 0 aliphatic carbocycles. The Morgan fingerprint density at radius 1 is 1.06 bits per heavy atom. The second-order valence-electron chi connectivity index (χ2n) is 7.36. The summed E-state index contributed by atoms with van der Waals surface area (Å²) in [6.07, 6.45) is 6.38. The highest BCUT2D eigenvalue weighted by molar-refractivity contribution is 5.68. The van der Waals surface area contributed by atoms with E-state index in [1.165, 1.54) is 4.90 Å². The molecule has 1 atom stereocenters. The van der Waals surface area contributed by atoms with Crippen molar-refractivity contribution in [3.63, 3.8) is 0 Å². The molecule has 0 bridgehead atoms. The van der Waals surface area contributed by atoms with Gasteiger partial charge in [-0.25, -0.2) is 14.4 Å². The summed E-state index contributed by atoms with van der Waals surface area (Å²) in [5.74, 6) is 0.703. The minimum atomic E-state index is -0.778. The van der Waals surface area contributed by atoms with Gasteiger partial charge < -0.3 is 10.2 Å². The van der Waals surface area contributed by atoms with E-state index in [0.29, 0.717) is 31.7 Å². The van der Waals surface area contributed by atoms with Crippen LogP contribution in [0.4, 0.5) is 10.1 Å². The molecule has 3 heterocycles.